The van der Waals surface area contributed by atoms with E-state index in [2.05, 4.69) is 30.5 Å². The Hall–Kier alpha value is -1.05. The maximum Gasteiger partial charge on any atom is 0.0539 e. The van der Waals surface area contributed by atoms with Crippen LogP contribution < -0.4 is 0 Å². The van der Waals surface area contributed by atoms with E-state index in [-0.39, 0.29) is 0 Å². The maximum atomic E-state index is 4.42. The number of hydrazone groups is 1. The summed E-state index contributed by atoms with van der Waals surface area (Å²) in [6.07, 6.45) is 9.23. The van der Waals surface area contributed by atoms with Crippen molar-refractivity contribution in [2.45, 2.75) is 46.1 Å². The van der Waals surface area contributed by atoms with Crippen molar-refractivity contribution in [3.63, 3.8) is 0 Å². The van der Waals surface area contributed by atoms with Gasteiger partial charge in [0, 0.05) is 13.1 Å². The standard InChI is InChI=1S/C13H24N2/c1-6-10-13(9-4)15(5)14-11-12(7-2)8-3/h7-8,11,13H,2,6,9-10H2,1,3-5H3/b12-8+,14-11-. The van der Waals surface area contributed by atoms with Crippen molar-refractivity contribution in [1.82, 2.24) is 5.01 Å². The first kappa shape index (κ1) is 13.9. The van der Waals surface area contributed by atoms with Crippen LogP contribution in [0.5, 0.6) is 0 Å². The van der Waals surface area contributed by atoms with Crippen LogP contribution in [0.25, 0.3) is 0 Å². The highest BCUT2D eigenvalue weighted by atomic mass is 15.4. The molecule has 1 atom stereocenters. The second-order valence-corrected chi connectivity index (χ2v) is 3.66. The van der Waals surface area contributed by atoms with E-state index in [1.54, 1.807) is 0 Å². The van der Waals surface area contributed by atoms with E-state index in [0.717, 1.165) is 12.0 Å². The highest BCUT2D eigenvalue weighted by Crippen LogP contribution is 2.09. The normalized spacial score (nSPS) is 14.3. The average Bonchev–Trinajstić information content (AvgIpc) is 2.26. The Morgan fingerprint density at radius 1 is 1.47 bits per heavy atom. The average molecular weight is 208 g/mol. The third-order valence-corrected chi connectivity index (χ3v) is 2.58. The van der Waals surface area contributed by atoms with E-state index in [1.807, 2.05) is 32.3 Å². The fraction of sp³-hybridized carbons (Fsp3) is 0.615. The van der Waals surface area contributed by atoms with Crippen molar-refractivity contribution in [2.24, 2.45) is 5.10 Å². The molecule has 0 aromatic carbocycles. The first-order valence-corrected chi connectivity index (χ1v) is 5.75. The Kier molecular flexibility index (Phi) is 7.69. The topological polar surface area (TPSA) is 15.6 Å². The summed E-state index contributed by atoms with van der Waals surface area (Å²) in [6.45, 7) is 10.1. The number of nitrogens with zero attached hydrogens (tertiary/aromatic N) is 2. The minimum Gasteiger partial charge on any atom is -0.297 e. The highest BCUT2D eigenvalue weighted by Gasteiger charge is 2.08. The first-order chi connectivity index (χ1) is 7.19. The molecule has 0 N–H and O–H groups in total. The molecule has 0 fully saturated rings. The quantitative estimate of drug-likeness (QED) is 0.354. The Bertz CT molecular complexity index is 229. The van der Waals surface area contributed by atoms with Gasteiger partial charge in [0.2, 0.25) is 0 Å². The van der Waals surface area contributed by atoms with E-state index in [0.29, 0.717) is 6.04 Å². The van der Waals surface area contributed by atoms with Crippen LogP contribution in [0.2, 0.25) is 0 Å². The third-order valence-electron chi connectivity index (χ3n) is 2.58. The molecule has 15 heavy (non-hydrogen) atoms. The predicted octanol–water partition coefficient (Wildman–Crippen LogP) is 3.62. The summed E-state index contributed by atoms with van der Waals surface area (Å²) in [6, 6.07) is 0.550. The molecule has 0 spiro atoms. The van der Waals surface area contributed by atoms with Gasteiger partial charge in [-0.05, 0) is 25.3 Å². The Balaban J connectivity index is 4.31. The molecule has 0 aliphatic rings. The molecule has 1 unspecified atom stereocenters. The maximum absolute atomic E-state index is 4.42. The van der Waals surface area contributed by atoms with Crippen molar-refractivity contribution in [3.05, 3.63) is 24.3 Å². The van der Waals surface area contributed by atoms with Gasteiger partial charge in [0.25, 0.3) is 0 Å². The van der Waals surface area contributed by atoms with Crippen molar-refractivity contribution >= 4 is 6.21 Å². The molecule has 0 amide bonds. The summed E-state index contributed by atoms with van der Waals surface area (Å²) in [5, 5.41) is 6.48. The zero-order valence-electron chi connectivity index (χ0n) is 10.5. The molecule has 86 valence electrons. The van der Waals surface area contributed by atoms with Crippen LogP contribution in [-0.4, -0.2) is 24.3 Å². The highest BCUT2D eigenvalue weighted by molar-refractivity contribution is 5.81. The van der Waals surface area contributed by atoms with Crippen LogP contribution in [0.15, 0.2) is 29.4 Å². The van der Waals surface area contributed by atoms with Crippen LogP contribution in [-0.2, 0) is 0 Å². The molecule has 0 saturated carbocycles. The predicted molar refractivity (Wildman–Crippen MR) is 69.2 cm³/mol. The van der Waals surface area contributed by atoms with Crippen LogP contribution in [0, 0.1) is 0 Å². The third kappa shape index (κ3) is 5.40. The van der Waals surface area contributed by atoms with Gasteiger partial charge >= 0.3 is 0 Å². The van der Waals surface area contributed by atoms with Crippen LogP contribution >= 0.6 is 0 Å². The number of hydrogen-bond donors (Lipinski definition) is 0. The largest absolute Gasteiger partial charge is 0.297 e. The smallest absolute Gasteiger partial charge is 0.0539 e. The number of hydrogen-bond acceptors (Lipinski definition) is 2. The summed E-state index contributed by atoms with van der Waals surface area (Å²) in [4.78, 5) is 0. The molecule has 2 heteroatoms. The fourth-order valence-corrected chi connectivity index (χ4v) is 1.49. The summed E-state index contributed by atoms with van der Waals surface area (Å²) < 4.78 is 0. The molecule has 0 radical (unpaired) electrons. The van der Waals surface area contributed by atoms with Gasteiger partial charge in [0.05, 0.1) is 6.21 Å². The Morgan fingerprint density at radius 3 is 2.53 bits per heavy atom. The minimum absolute atomic E-state index is 0.550. The van der Waals surface area contributed by atoms with E-state index in [1.165, 1.54) is 12.8 Å². The molecule has 0 bridgehead atoms. The minimum atomic E-state index is 0.550. The second-order valence-electron chi connectivity index (χ2n) is 3.66. The molecule has 0 rings (SSSR count). The second kappa shape index (κ2) is 8.27. The summed E-state index contributed by atoms with van der Waals surface area (Å²) in [7, 11) is 2.04. The lowest BCUT2D eigenvalue weighted by Crippen LogP contribution is -2.26. The zero-order chi connectivity index (χ0) is 11.7. The van der Waals surface area contributed by atoms with Gasteiger partial charge < -0.3 is 0 Å². The monoisotopic (exact) mass is 208 g/mol. The molecule has 0 aliphatic heterocycles. The van der Waals surface area contributed by atoms with Crippen molar-refractivity contribution in [3.8, 4) is 0 Å². The molecule has 0 aliphatic carbocycles. The molecule has 2 nitrogen and oxygen atoms in total. The van der Waals surface area contributed by atoms with Gasteiger partial charge in [-0.1, -0.05) is 39.0 Å². The fourth-order valence-electron chi connectivity index (χ4n) is 1.49. The lowest BCUT2D eigenvalue weighted by atomic mass is 10.1. The van der Waals surface area contributed by atoms with Gasteiger partial charge in [-0.25, -0.2) is 0 Å². The van der Waals surface area contributed by atoms with Crippen LogP contribution in [0.1, 0.15) is 40.0 Å². The zero-order valence-corrected chi connectivity index (χ0v) is 10.5. The molecule has 0 heterocycles. The Labute approximate surface area is 94.4 Å². The lowest BCUT2D eigenvalue weighted by molar-refractivity contribution is 0.234. The molecular weight excluding hydrogens is 184 g/mol. The van der Waals surface area contributed by atoms with Gasteiger partial charge in [0.15, 0.2) is 0 Å². The van der Waals surface area contributed by atoms with Gasteiger partial charge in [-0.15, -0.1) is 0 Å². The number of rotatable bonds is 7. The van der Waals surface area contributed by atoms with Gasteiger partial charge in [-0.2, -0.15) is 5.10 Å². The molecule has 0 aromatic rings. The molecule has 0 aromatic heterocycles. The Morgan fingerprint density at radius 2 is 2.13 bits per heavy atom. The summed E-state index contributed by atoms with van der Waals surface area (Å²) in [5.74, 6) is 0. The van der Waals surface area contributed by atoms with Crippen LogP contribution in [0.3, 0.4) is 0 Å². The SMILES string of the molecule is C=CC(/C=N\N(C)C(CC)CCC)=C\C. The van der Waals surface area contributed by atoms with Crippen molar-refractivity contribution in [2.75, 3.05) is 7.05 Å². The first-order valence-electron chi connectivity index (χ1n) is 5.75. The van der Waals surface area contributed by atoms with Crippen molar-refractivity contribution in [1.29, 1.82) is 0 Å². The summed E-state index contributed by atoms with van der Waals surface area (Å²) in [5.41, 5.74) is 1.06. The molecule has 0 saturated heterocycles. The molecular formula is C13H24N2. The van der Waals surface area contributed by atoms with E-state index in [9.17, 15) is 0 Å². The lowest BCUT2D eigenvalue weighted by Gasteiger charge is -2.23. The van der Waals surface area contributed by atoms with E-state index in [4.69, 9.17) is 0 Å². The van der Waals surface area contributed by atoms with Crippen molar-refractivity contribution < 1.29 is 0 Å². The van der Waals surface area contributed by atoms with Crippen LogP contribution in [0.4, 0.5) is 0 Å². The van der Waals surface area contributed by atoms with Gasteiger partial charge in [-0.3, -0.25) is 5.01 Å². The number of allylic oxidation sites excluding steroid dienone is 3. The van der Waals surface area contributed by atoms with E-state index < -0.39 is 0 Å². The van der Waals surface area contributed by atoms with E-state index >= 15 is 0 Å². The van der Waals surface area contributed by atoms with Gasteiger partial charge in [0.1, 0.15) is 0 Å². The summed E-state index contributed by atoms with van der Waals surface area (Å²) >= 11 is 0.